The average molecular weight is 123 g/mol. The molecule has 0 aliphatic rings. The Balaban J connectivity index is 4.43. The Hall–Kier alpha value is -0.620. The van der Waals surface area contributed by atoms with Crippen LogP contribution in [0.15, 0.2) is 0 Å². The van der Waals surface area contributed by atoms with Crippen molar-refractivity contribution < 1.29 is 9.00 Å². The highest BCUT2D eigenvalue weighted by Gasteiger charge is 2.02. The molecule has 0 saturated heterocycles. The minimum Gasteiger partial charge on any atom is -0.357 e. The van der Waals surface area contributed by atoms with E-state index in [0.29, 0.717) is 0 Å². The first kappa shape index (κ1) is 6.38. The maximum Gasteiger partial charge on any atom is 0.328 e. The first-order chi connectivity index (χ1) is 2.94. The molecule has 0 aliphatic heterocycles. The van der Waals surface area contributed by atoms with Gasteiger partial charge in [0, 0.05) is 0 Å². The van der Waals surface area contributed by atoms with Gasteiger partial charge < -0.3 is 5.73 Å². The second-order valence-electron chi connectivity index (χ2n) is 0.920. The SMILES string of the molecule is N=S(N)(=O)C(N)=O. The summed E-state index contributed by atoms with van der Waals surface area (Å²) < 4.78 is 16.1. The summed E-state index contributed by atoms with van der Waals surface area (Å²) in [7, 11) is -3.60. The Labute approximate surface area is 40.8 Å². The molecular formula is CH5N3O2S. The standard InChI is InChI=1S/CH5N3O2S/c2-1(5)7(3,4)6/h(H2,2,5)(H3,3,4,6). The van der Waals surface area contributed by atoms with Gasteiger partial charge in [-0.05, 0) is 0 Å². The van der Waals surface area contributed by atoms with Gasteiger partial charge in [-0.25, -0.2) is 14.1 Å². The molecule has 1 unspecified atom stereocenters. The Morgan fingerprint density at radius 3 is 1.86 bits per heavy atom. The van der Waals surface area contributed by atoms with Gasteiger partial charge in [0.25, 0.3) is 0 Å². The highest BCUT2D eigenvalue weighted by Crippen LogP contribution is 1.72. The largest absolute Gasteiger partial charge is 0.357 e. The molecule has 7 heavy (non-hydrogen) atoms. The molecule has 0 saturated carbocycles. The van der Waals surface area contributed by atoms with Crippen LogP contribution >= 0.6 is 0 Å². The van der Waals surface area contributed by atoms with Crippen molar-refractivity contribution in [3.8, 4) is 0 Å². The van der Waals surface area contributed by atoms with Crippen molar-refractivity contribution >= 4 is 15.2 Å². The molecule has 0 bridgehead atoms. The van der Waals surface area contributed by atoms with Crippen LogP contribution in [0, 0.1) is 4.78 Å². The smallest absolute Gasteiger partial charge is 0.328 e. The fourth-order valence-electron chi connectivity index (χ4n) is 0. The van der Waals surface area contributed by atoms with Crippen LogP contribution in [0.5, 0.6) is 0 Å². The number of hydrogen-bond donors (Lipinski definition) is 3. The summed E-state index contributed by atoms with van der Waals surface area (Å²) in [5.74, 6) is 0. The van der Waals surface area contributed by atoms with Crippen LogP contribution in [0.4, 0.5) is 4.79 Å². The lowest BCUT2D eigenvalue weighted by atomic mass is 11.5. The Bertz CT molecular complexity index is 167. The van der Waals surface area contributed by atoms with Gasteiger partial charge in [-0.2, -0.15) is 0 Å². The summed E-state index contributed by atoms with van der Waals surface area (Å²) in [6.07, 6.45) is 0. The number of nitrogens with two attached hydrogens (primary N) is 2. The fourth-order valence-corrected chi connectivity index (χ4v) is 0. The minimum atomic E-state index is -3.60. The molecule has 42 valence electrons. The first-order valence-electron chi connectivity index (χ1n) is 1.30. The highest BCUT2D eigenvalue weighted by molar-refractivity contribution is 8.04. The van der Waals surface area contributed by atoms with Crippen molar-refractivity contribution in [1.82, 2.24) is 0 Å². The van der Waals surface area contributed by atoms with E-state index >= 15 is 0 Å². The molecule has 5 nitrogen and oxygen atoms in total. The number of rotatable bonds is 0. The summed E-state index contributed by atoms with van der Waals surface area (Å²) in [6, 6.07) is 0. The molecule has 0 aromatic rings. The Morgan fingerprint density at radius 2 is 1.86 bits per heavy atom. The molecule has 6 heteroatoms. The zero-order valence-corrected chi connectivity index (χ0v) is 4.20. The van der Waals surface area contributed by atoms with Gasteiger partial charge in [-0.15, -0.1) is 0 Å². The van der Waals surface area contributed by atoms with Crippen LogP contribution in [0.1, 0.15) is 0 Å². The predicted octanol–water partition coefficient (Wildman–Crippen LogP) is -1.01. The van der Waals surface area contributed by atoms with Gasteiger partial charge in [0.2, 0.25) is 0 Å². The summed E-state index contributed by atoms with van der Waals surface area (Å²) in [4.78, 5) is 9.66. The summed E-state index contributed by atoms with van der Waals surface area (Å²) in [5.41, 5.74) is 4.34. The second-order valence-corrected chi connectivity index (χ2v) is 2.52. The van der Waals surface area contributed by atoms with Gasteiger partial charge in [-0.1, -0.05) is 0 Å². The molecule has 5 N–H and O–H groups in total. The third kappa shape index (κ3) is 2.12. The number of nitrogens with one attached hydrogen (secondary N) is 1. The van der Waals surface area contributed by atoms with Crippen molar-refractivity contribution in [2.75, 3.05) is 0 Å². The van der Waals surface area contributed by atoms with E-state index < -0.39 is 15.2 Å². The number of primary amides is 1. The highest BCUT2D eigenvalue weighted by atomic mass is 32.2. The van der Waals surface area contributed by atoms with E-state index in [1.54, 1.807) is 0 Å². The number of carbonyl (C=O) groups is 1. The maximum absolute atomic E-state index is 9.86. The normalized spacial score (nSPS) is 17.9. The number of hydrogen-bond acceptors (Lipinski definition) is 3. The van der Waals surface area contributed by atoms with E-state index in [1.165, 1.54) is 0 Å². The van der Waals surface area contributed by atoms with Crippen molar-refractivity contribution in [3.05, 3.63) is 0 Å². The van der Waals surface area contributed by atoms with Crippen LogP contribution in [0.2, 0.25) is 0 Å². The average Bonchev–Trinajstić information content (AvgIpc) is 1.31. The molecule has 0 heterocycles. The molecule has 0 rings (SSSR count). The van der Waals surface area contributed by atoms with Crippen LogP contribution in [-0.2, 0) is 9.92 Å². The van der Waals surface area contributed by atoms with Crippen LogP contribution in [-0.4, -0.2) is 9.45 Å². The van der Waals surface area contributed by atoms with Gasteiger partial charge in [0.05, 0.1) is 0 Å². The van der Waals surface area contributed by atoms with Gasteiger partial charge in [0.15, 0.2) is 9.92 Å². The fraction of sp³-hybridized carbons (Fsp3) is 0. The van der Waals surface area contributed by atoms with Crippen molar-refractivity contribution in [2.24, 2.45) is 10.9 Å². The van der Waals surface area contributed by atoms with Crippen LogP contribution in [0.25, 0.3) is 0 Å². The summed E-state index contributed by atoms with van der Waals surface area (Å²) in [5, 5.41) is 3.11. The molecule has 1 amide bonds. The number of amides is 1. The Kier molecular flexibility index (Phi) is 1.34. The third-order valence-corrected chi connectivity index (χ3v) is 0.897. The van der Waals surface area contributed by atoms with E-state index in [4.69, 9.17) is 4.78 Å². The van der Waals surface area contributed by atoms with Crippen molar-refractivity contribution in [3.63, 3.8) is 0 Å². The van der Waals surface area contributed by atoms with Gasteiger partial charge >= 0.3 is 5.24 Å². The molecule has 0 radical (unpaired) electrons. The lowest BCUT2D eigenvalue weighted by Gasteiger charge is -1.86. The molecule has 0 aromatic heterocycles. The van der Waals surface area contributed by atoms with Crippen LogP contribution in [0.3, 0.4) is 0 Å². The van der Waals surface area contributed by atoms with Gasteiger partial charge in [-0.3, -0.25) is 4.79 Å². The van der Waals surface area contributed by atoms with Crippen LogP contribution < -0.4 is 10.9 Å². The lowest BCUT2D eigenvalue weighted by molar-refractivity contribution is 0.266. The van der Waals surface area contributed by atoms with E-state index in [0.717, 1.165) is 0 Å². The molecule has 0 spiro atoms. The minimum absolute atomic E-state index is 1.28. The van der Waals surface area contributed by atoms with E-state index in [-0.39, 0.29) is 0 Å². The third-order valence-electron chi connectivity index (χ3n) is 0.299. The Morgan fingerprint density at radius 1 is 1.71 bits per heavy atom. The molecule has 0 aromatic carbocycles. The topological polar surface area (TPSA) is 110 Å². The first-order valence-corrected chi connectivity index (χ1v) is 2.92. The van der Waals surface area contributed by atoms with Crippen molar-refractivity contribution in [2.45, 2.75) is 0 Å². The monoisotopic (exact) mass is 123 g/mol. The summed E-state index contributed by atoms with van der Waals surface area (Å²) >= 11 is 0. The lowest BCUT2D eigenvalue weighted by Crippen LogP contribution is -2.27. The maximum atomic E-state index is 9.86. The van der Waals surface area contributed by atoms with Gasteiger partial charge in [0.1, 0.15) is 0 Å². The summed E-state index contributed by atoms with van der Waals surface area (Å²) in [6.45, 7) is 0. The molecule has 1 atom stereocenters. The zero-order valence-electron chi connectivity index (χ0n) is 3.38. The molecule has 0 aliphatic carbocycles. The van der Waals surface area contributed by atoms with E-state index in [9.17, 15) is 9.00 Å². The number of carbonyl (C=O) groups excluding carboxylic acids is 1. The predicted molar refractivity (Wildman–Crippen MR) is 24.6 cm³/mol. The van der Waals surface area contributed by atoms with E-state index in [1.807, 2.05) is 0 Å². The van der Waals surface area contributed by atoms with Crippen molar-refractivity contribution in [1.29, 1.82) is 4.78 Å². The molecule has 0 fully saturated rings. The second kappa shape index (κ2) is 1.47. The zero-order chi connectivity index (χ0) is 6.08. The quantitative estimate of drug-likeness (QED) is 0.383. The molecular weight excluding hydrogens is 118 g/mol. The van der Waals surface area contributed by atoms with E-state index in [2.05, 4.69) is 10.9 Å².